The number of rotatable bonds is 8. The van der Waals surface area contributed by atoms with Crippen LogP contribution in [0.4, 0.5) is 0 Å². The van der Waals surface area contributed by atoms with E-state index in [4.69, 9.17) is 11.2 Å². The summed E-state index contributed by atoms with van der Waals surface area (Å²) in [7, 11) is -3.99. The standard InChI is InChI=1S/C31H38O3S2Si/c1-8-9-10-14-20-27-28-25(30(36(27,32)33)35-22-16-12-11-13-17-22)21-24-23(18-15-19-26(24)34-5)29(28)37(6,7)31(2,3)4/h1,11-13,15-19,21,29-30H,9-10,14,20H2,2-7H3. The van der Waals surface area contributed by atoms with Crippen molar-refractivity contribution in [3.8, 4) is 18.1 Å². The van der Waals surface area contributed by atoms with Crippen molar-refractivity contribution in [1.29, 1.82) is 0 Å². The zero-order valence-corrected chi connectivity index (χ0v) is 25.4. The van der Waals surface area contributed by atoms with Crippen LogP contribution in [0.15, 0.2) is 69.5 Å². The van der Waals surface area contributed by atoms with Gasteiger partial charge in [-0.3, -0.25) is 0 Å². The highest BCUT2D eigenvalue weighted by molar-refractivity contribution is 8.15. The largest absolute Gasteiger partial charge is 0.496 e. The van der Waals surface area contributed by atoms with Crippen LogP contribution in [0, 0.1) is 12.3 Å². The van der Waals surface area contributed by atoms with Crippen molar-refractivity contribution in [3.05, 3.63) is 75.7 Å². The van der Waals surface area contributed by atoms with Gasteiger partial charge in [0.05, 0.1) is 15.2 Å². The fourth-order valence-electron chi connectivity index (χ4n) is 5.39. The van der Waals surface area contributed by atoms with E-state index < -0.39 is 22.5 Å². The maximum atomic E-state index is 14.4. The fourth-order valence-corrected chi connectivity index (χ4v) is 12.3. The van der Waals surface area contributed by atoms with Crippen molar-refractivity contribution < 1.29 is 13.2 Å². The zero-order valence-electron chi connectivity index (χ0n) is 22.8. The number of methoxy groups -OCH3 is 1. The van der Waals surface area contributed by atoms with Gasteiger partial charge in [0.1, 0.15) is 10.3 Å². The molecule has 0 radical (unpaired) electrons. The van der Waals surface area contributed by atoms with Gasteiger partial charge in [-0.1, -0.05) is 64.2 Å². The van der Waals surface area contributed by atoms with E-state index in [1.807, 2.05) is 42.5 Å². The van der Waals surface area contributed by atoms with Crippen LogP contribution < -0.4 is 4.74 Å². The molecule has 0 saturated heterocycles. The van der Waals surface area contributed by atoms with Gasteiger partial charge in [0.25, 0.3) is 0 Å². The van der Waals surface area contributed by atoms with Gasteiger partial charge < -0.3 is 4.74 Å². The predicted octanol–water partition coefficient (Wildman–Crippen LogP) is 8.22. The average molecular weight is 551 g/mol. The van der Waals surface area contributed by atoms with E-state index in [1.165, 1.54) is 17.3 Å². The van der Waals surface area contributed by atoms with Gasteiger partial charge in [-0.05, 0) is 65.3 Å². The molecule has 3 nitrogen and oxygen atoms in total. The molecule has 2 unspecified atom stereocenters. The molecule has 4 rings (SSSR count). The summed E-state index contributed by atoms with van der Waals surface area (Å²) < 4.78 is 33.9. The minimum Gasteiger partial charge on any atom is -0.496 e. The molecule has 0 saturated carbocycles. The molecule has 1 aliphatic heterocycles. The molecule has 2 aromatic rings. The second kappa shape index (κ2) is 10.5. The summed E-state index contributed by atoms with van der Waals surface area (Å²) in [5, 5.41) is 0.0520. The van der Waals surface area contributed by atoms with Gasteiger partial charge in [0.15, 0.2) is 9.84 Å². The minimum absolute atomic E-state index is 0.0520. The van der Waals surface area contributed by atoms with Crippen molar-refractivity contribution in [1.82, 2.24) is 0 Å². The third-order valence-electron chi connectivity index (χ3n) is 8.33. The number of thioether (sulfide) groups is 1. The summed E-state index contributed by atoms with van der Waals surface area (Å²) >= 11 is 1.44. The molecule has 2 atom stereocenters. The lowest BCUT2D eigenvalue weighted by Crippen LogP contribution is -2.46. The van der Waals surface area contributed by atoms with E-state index in [2.05, 4.69) is 51.9 Å². The summed E-state index contributed by atoms with van der Waals surface area (Å²) in [6, 6.07) is 16.1. The number of unbranched alkanes of at least 4 members (excludes halogenated alkanes) is 2. The first-order chi connectivity index (χ1) is 17.4. The number of benzene rings is 2. The van der Waals surface area contributed by atoms with Crippen LogP contribution >= 0.6 is 11.8 Å². The van der Waals surface area contributed by atoms with E-state index in [9.17, 15) is 8.42 Å². The molecular formula is C31H38O3S2Si. The van der Waals surface area contributed by atoms with E-state index in [0.29, 0.717) is 17.7 Å². The molecular weight excluding hydrogens is 513 g/mol. The third-order valence-corrected chi connectivity index (χ3v) is 18.2. The van der Waals surface area contributed by atoms with Crippen LogP contribution in [-0.2, 0) is 9.84 Å². The summed E-state index contributed by atoms with van der Waals surface area (Å²) in [5.41, 5.74) is 4.28. The first-order valence-electron chi connectivity index (χ1n) is 13.0. The first kappa shape index (κ1) is 27.8. The maximum Gasteiger partial charge on any atom is 0.191 e. The summed E-state index contributed by atoms with van der Waals surface area (Å²) in [6.07, 6.45) is 10.4. The molecule has 196 valence electrons. The van der Waals surface area contributed by atoms with Gasteiger partial charge in [-0.25, -0.2) is 8.42 Å². The Balaban J connectivity index is 2.00. The number of fused-ring (bicyclic) bond motifs is 2. The van der Waals surface area contributed by atoms with Crippen LogP contribution in [-0.4, -0.2) is 28.2 Å². The van der Waals surface area contributed by atoms with Crippen molar-refractivity contribution >= 4 is 35.7 Å². The normalized spacial score (nSPS) is 20.6. The van der Waals surface area contributed by atoms with Gasteiger partial charge in [-0.2, -0.15) is 0 Å². The van der Waals surface area contributed by atoms with Crippen LogP contribution in [0.25, 0.3) is 6.08 Å². The number of ether oxygens (including phenoxy) is 1. The Bertz CT molecular complexity index is 1370. The lowest BCUT2D eigenvalue weighted by atomic mass is 9.86. The van der Waals surface area contributed by atoms with Crippen LogP contribution in [0.3, 0.4) is 0 Å². The predicted molar refractivity (Wildman–Crippen MR) is 160 cm³/mol. The Morgan fingerprint density at radius 3 is 2.38 bits per heavy atom. The molecule has 0 bridgehead atoms. The third kappa shape index (κ3) is 4.98. The second-order valence-electron chi connectivity index (χ2n) is 11.5. The lowest BCUT2D eigenvalue weighted by molar-refractivity contribution is 0.413. The molecule has 0 aromatic heterocycles. The van der Waals surface area contributed by atoms with Gasteiger partial charge >= 0.3 is 0 Å². The van der Waals surface area contributed by atoms with Crippen LogP contribution in [0.1, 0.15) is 63.1 Å². The Morgan fingerprint density at radius 1 is 1.05 bits per heavy atom. The highest BCUT2D eigenvalue weighted by Gasteiger charge is 2.54. The monoisotopic (exact) mass is 550 g/mol. The highest BCUT2D eigenvalue weighted by atomic mass is 32.3. The van der Waals surface area contributed by atoms with Crippen molar-refractivity contribution in [2.75, 3.05) is 7.11 Å². The molecule has 0 N–H and O–H groups in total. The van der Waals surface area contributed by atoms with E-state index in [0.717, 1.165) is 40.2 Å². The smallest absolute Gasteiger partial charge is 0.191 e. The molecule has 2 aliphatic rings. The quantitative estimate of drug-likeness (QED) is 0.189. The second-order valence-corrected chi connectivity index (χ2v) is 20.6. The molecule has 1 heterocycles. The van der Waals surface area contributed by atoms with Crippen LogP contribution in [0.5, 0.6) is 5.75 Å². The molecule has 2 aromatic carbocycles. The first-order valence-corrected chi connectivity index (χ1v) is 18.5. The Kier molecular flexibility index (Phi) is 7.91. The van der Waals surface area contributed by atoms with E-state index in [1.54, 1.807) is 7.11 Å². The molecule has 0 spiro atoms. The molecule has 6 heteroatoms. The maximum absolute atomic E-state index is 14.4. The summed E-state index contributed by atoms with van der Waals surface area (Å²) in [5.74, 6) is 3.50. The number of sulfone groups is 1. The topological polar surface area (TPSA) is 43.4 Å². The molecule has 0 amide bonds. The SMILES string of the molecule is C#CCCCCC1=C2C(=Cc3c(OC)cccc3C2[Si](C)(C)C(C)(C)C)C(Sc2ccccc2)S1(=O)=O. The average Bonchev–Trinajstić information content (AvgIpc) is 3.05. The van der Waals surface area contributed by atoms with Crippen molar-refractivity contribution in [2.45, 2.75) is 79.6 Å². The number of hydrogen-bond acceptors (Lipinski definition) is 4. The lowest BCUT2D eigenvalue weighted by Gasteiger charge is -2.46. The minimum atomic E-state index is -3.57. The zero-order chi connectivity index (χ0) is 27.0. The Labute approximate surface area is 228 Å². The Hall–Kier alpha value is -2.20. The van der Waals surface area contributed by atoms with Crippen molar-refractivity contribution in [2.24, 2.45) is 0 Å². The van der Waals surface area contributed by atoms with Crippen molar-refractivity contribution in [3.63, 3.8) is 0 Å². The Morgan fingerprint density at radius 2 is 1.76 bits per heavy atom. The van der Waals surface area contributed by atoms with Gasteiger partial charge in [0, 0.05) is 27.3 Å². The fraction of sp³-hybridized carbons (Fsp3) is 0.419. The van der Waals surface area contributed by atoms with Crippen LogP contribution in [0.2, 0.25) is 18.1 Å². The van der Waals surface area contributed by atoms with Gasteiger partial charge in [-0.15, -0.1) is 24.1 Å². The molecule has 0 fully saturated rings. The summed E-state index contributed by atoms with van der Waals surface area (Å²) in [6.45, 7) is 11.8. The molecule has 37 heavy (non-hydrogen) atoms. The van der Waals surface area contributed by atoms with E-state index in [-0.39, 0.29) is 10.6 Å². The number of terminal acetylenes is 1. The van der Waals surface area contributed by atoms with E-state index >= 15 is 0 Å². The highest BCUT2D eigenvalue weighted by Crippen LogP contribution is 2.60. The summed E-state index contributed by atoms with van der Waals surface area (Å²) in [4.78, 5) is 1.59. The number of allylic oxidation sites excluding steroid dienone is 2. The molecule has 1 aliphatic carbocycles. The number of hydrogen-bond donors (Lipinski definition) is 0. The van der Waals surface area contributed by atoms with Gasteiger partial charge in [0.2, 0.25) is 0 Å².